The molecule has 4 aromatic rings. The lowest BCUT2D eigenvalue weighted by Gasteiger charge is -2.31. The first-order valence-corrected chi connectivity index (χ1v) is 16.0. The van der Waals surface area contributed by atoms with Gasteiger partial charge in [0.25, 0.3) is 0 Å². The normalized spacial score (nSPS) is 22.0. The summed E-state index contributed by atoms with van der Waals surface area (Å²) in [6, 6.07) is 9.69. The number of hydrogen-bond acceptors (Lipinski definition) is 8. The molecule has 0 radical (unpaired) electrons. The number of benzene rings is 2. The number of halogens is 2. The van der Waals surface area contributed by atoms with Crippen molar-refractivity contribution < 1.29 is 18.8 Å². The van der Waals surface area contributed by atoms with Gasteiger partial charge in [0.2, 0.25) is 0 Å². The van der Waals surface area contributed by atoms with Gasteiger partial charge in [-0.1, -0.05) is 66.5 Å². The van der Waals surface area contributed by atoms with E-state index in [0.29, 0.717) is 51.4 Å². The van der Waals surface area contributed by atoms with Crippen molar-refractivity contribution in [2.45, 2.75) is 76.5 Å². The van der Waals surface area contributed by atoms with E-state index in [2.05, 4.69) is 30.8 Å². The Labute approximate surface area is 259 Å². The third-order valence-electron chi connectivity index (χ3n) is 8.84. The number of thiazole rings is 1. The maximum atomic E-state index is 12.4. The number of aromatic nitrogens is 2. The molecule has 2 bridgehead atoms. The molecule has 0 N–H and O–H groups in total. The van der Waals surface area contributed by atoms with Gasteiger partial charge in [0.15, 0.2) is 5.13 Å². The molecule has 3 aliphatic rings. The fraction of sp³-hybridized carbons (Fsp3) is 0.469. The summed E-state index contributed by atoms with van der Waals surface area (Å²) < 4.78 is 18.5. The number of esters is 1. The van der Waals surface area contributed by atoms with Crippen LogP contribution in [0, 0.1) is 5.92 Å². The molecule has 0 unspecified atom stereocenters. The van der Waals surface area contributed by atoms with Gasteiger partial charge in [0.1, 0.15) is 11.5 Å². The van der Waals surface area contributed by atoms with Crippen LogP contribution in [-0.2, 0) is 21.5 Å². The first kappa shape index (κ1) is 28.1. The van der Waals surface area contributed by atoms with Crippen LogP contribution < -0.4 is 4.90 Å². The van der Waals surface area contributed by atoms with Gasteiger partial charge in [0, 0.05) is 35.5 Å². The highest BCUT2D eigenvalue weighted by molar-refractivity contribution is 7.22. The van der Waals surface area contributed by atoms with E-state index in [1.54, 1.807) is 11.3 Å². The van der Waals surface area contributed by atoms with E-state index < -0.39 is 0 Å². The zero-order valence-electron chi connectivity index (χ0n) is 24.1. The second-order valence-electron chi connectivity index (χ2n) is 12.7. The molecule has 1 aliphatic heterocycles. The fourth-order valence-corrected chi connectivity index (χ4v) is 8.22. The van der Waals surface area contributed by atoms with Crippen LogP contribution in [-0.4, -0.2) is 41.9 Å². The molecule has 2 aromatic heterocycles. The molecule has 2 aliphatic carbocycles. The number of hydrogen-bond donors (Lipinski definition) is 0. The highest BCUT2D eigenvalue weighted by atomic mass is 35.5. The van der Waals surface area contributed by atoms with Crippen molar-refractivity contribution in [3.05, 3.63) is 62.8 Å². The van der Waals surface area contributed by atoms with E-state index in [-0.39, 0.29) is 17.5 Å². The second kappa shape index (κ2) is 10.5. The predicted octanol–water partition coefficient (Wildman–Crippen LogP) is 8.40. The summed E-state index contributed by atoms with van der Waals surface area (Å²) in [6.07, 6.45) is 4.35. The molecule has 3 heterocycles. The highest BCUT2D eigenvalue weighted by Crippen LogP contribution is 2.48. The molecule has 3 atom stereocenters. The van der Waals surface area contributed by atoms with Crippen LogP contribution in [0.3, 0.4) is 0 Å². The first-order chi connectivity index (χ1) is 20.1. The van der Waals surface area contributed by atoms with Crippen LogP contribution in [0.4, 0.5) is 5.13 Å². The Morgan fingerprint density at radius 1 is 1.17 bits per heavy atom. The van der Waals surface area contributed by atoms with Gasteiger partial charge in [0.05, 0.1) is 45.6 Å². The van der Waals surface area contributed by atoms with Crippen molar-refractivity contribution in [3.63, 3.8) is 0 Å². The first-order valence-electron chi connectivity index (χ1n) is 14.5. The van der Waals surface area contributed by atoms with Gasteiger partial charge in [-0.25, -0.2) is 9.78 Å². The van der Waals surface area contributed by atoms with E-state index in [4.69, 9.17) is 42.2 Å². The summed E-state index contributed by atoms with van der Waals surface area (Å²) >= 11 is 14.8. The number of piperidine rings is 1. The molecule has 0 spiro atoms. The largest absolute Gasteiger partial charge is 0.465 e. The molecular formula is C32H33Cl2N3O4S. The summed E-state index contributed by atoms with van der Waals surface area (Å²) in [7, 11) is 1.42. The van der Waals surface area contributed by atoms with Crippen molar-refractivity contribution in [1.82, 2.24) is 10.1 Å². The summed E-state index contributed by atoms with van der Waals surface area (Å²) in [4.78, 5) is 20.0. The molecule has 7 nitrogen and oxygen atoms in total. The summed E-state index contributed by atoms with van der Waals surface area (Å²) in [5.41, 5.74) is 4.79. The minimum Gasteiger partial charge on any atom is -0.465 e. The molecule has 0 amide bonds. The van der Waals surface area contributed by atoms with Gasteiger partial charge < -0.3 is 18.9 Å². The number of methoxy groups -OCH3 is 1. The Morgan fingerprint density at radius 3 is 2.57 bits per heavy atom. The number of carbonyl (C=O) groups excluding carboxylic acids is 1. The molecule has 2 saturated carbocycles. The van der Waals surface area contributed by atoms with Gasteiger partial charge in [-0.2, -0.15) is 0 Å². The fourth-order valence-electron chi connectivity index (χ4n) is 6.53. The molecule has 7 rings (SSSR count). The Balaban J connectivity index is 1.11. The topological polar surface area (TPSA) is 77.7 Å². The summed E-state index contributed by atoms with van der Waals surface area (Å²) in [5, 5.41) is 6.53. The number of nitrogens with zero attached hydrogens (tertiary/aromatic N) is 3. The Bertz CT molecular complexity index is 1670. The van der Waals surface area contributed by atoms with Crippen LogP contribution in [0.5, 0.6) is 0 Å². The Morgan fingerprint density at radius 2 is 1.93 bits per heavy atom. The van der Waals surface area contributed by atoms with E-state index in [1.165, 1.54) is 7.11 Å². The van der Waals surface area contributed by atoms with E-state index in [0.717, 1.165) is 64.5 Å². The monoisotopic (exact) mass is 625 g/mol. The molecule has 220 valence electrons. The SMILES string of the molecule is COC(=O)c1cc(C(C)(C)C)c2nc(N3C[C@@H]4C[C@H]3C[C@H]4OCc3c(-c4c(Cl)cccc4Cl)noc3C3CC3)sc2c1. The standard InChI is InChI=1S/C32H33Cl2N3O4S/c1-32(2,3)21-11-17(30(38)39-4)12-25-28(21)35-31(42-25)37-14-18-10-19(37)13-24(18)40-15-20-27(36-41-29(20)16-8-9-16)26-22(33)6-5-7-23(26)34/h5-7,11-12,16,18-19,24H,8-10,13-15H2,1-4H3/t18-,19-,24+/m0/s1. The smallest absolute Gasteiger partial charge is 0.337 e. The Hall–Kier alpha value is -2.65. The maximum Gasteiger partial charge on any atom is 0.337 e. The quantitative estimate of drug-likeness (QED) is 0.191. The van der Waals surface area contributed by atoms with Gasteiger partial charge in [-0.05, 0) is 60.9 Å². The van der Waals surface area contributed by atoms with E-state index in [1.807, 2.05) is 30.3 Å². The molecular weight excluding hydrogens is 593 g/mol. The number of anilines is 1. The van der Waals surface area contributed by atoms with Crippen molar-refractivity contribution >= 4 is 55.9 Å². The lowest BCUT2D eigenvalue weighted by Crippen LogP contribution is -2.38. The average molecular weight is 627 g/mol. The summed E-state index contributed by atoms with van der Waals surface area (Å²) in [5.74, 6) is 1.38. The van der Waals surface area contributed by atoms with Gasteiger partial charge in [-0.3, -0.25) is 0 Å². The van der Waals surface area contributed by atoms with Crippen molar-refractivity contribution in [3.8, 4) is 11.3 Å². The zero-order chi connectivity index (χ0) is 29.3. The lowest BCUT2D eigenvalue weighted by molar-refractivity contribution is 0.0122. The third kappa shape index (κ3) is 4.90. The summed E-state index contributed by atoms with van der Waals surface area (Å²) in [6.45, 7) is 7.77. The van der Waals surface area contributed by atoms with Crippen molar-refractivity contribution in [1.29, 1.82) is 0 Å². The van der Waals surface area contributed by atoms with Crippen molar-refractivity contribution in [2.75, 3.05) is 18.6 Å². The minimum atomic E-state index is -0.324. The molecule has 2 aromatic carbocycles. The second-order valence-corrected chi connectivity index (χ2v) is 14.6. The van der Waals surface area contributed by atoms with Gasteiger partial charge in [-0.15, -0.1) is 0 Å². The Kier molecular flexibility index (Phi) is 7.04. The molecule has 3 fully saturated rings. The number of rotatable bonds is 7. The average Bonchev–Trinajstić information content (AvgIpc) is 3.27. The van der Waals surface area contributed by atoms with Crippen LogP contribution in [0.1, 0.15) is 79.6 Å². The van der Waals surface area contributed by atoms with Crippen LogP contribution in [0.2, 0.25) is 10.0 Å². The van der Waals surface area contributed by atoms with Crippen LogP contribution >= 0.6 is 34.5 Å². The highest BCUT2D eigenvalue weighted by Gasteiger charge is 2.47. The maximum absolute atomic E-state index is 12.4. The number of ether oxygens (including phenoxy) is 2. The lowest BCUT2D eigenvalue weighted by atomic mass is 9.85. The van der Waals surface area contributed by atoms with E-state index in [9.17, 15) is 4.79 Å². The van der Waals surface area contributed by atoms with Gasteiger partial charge >= 0.3 is 5.97 Å². The van der Waals surface area contributed by atoms with Crippen molar-refractivity contribution in [2.24, 2.45) is 5.92 Å². The van der Waals surface area contributed by atoms with E-state index >= 15 is 0 Å². The molecule has 1 saturated heterocycles. The van der Waals surface area contributed by atoms with Crippen LogP contribution in [0.15, 0.2) is 34.9 Å². The molecule has 42 heavy (non-hydrogen) atoms. The number of carbonyl (C=O) groups is 1. The minimum absolute atomic E-state index is 0.146. The zero-order valence-corrected chi connectivity index (χ0v) is 26.4. The number of fused-ring (bicyclic) bond motifs is 3. The predicted molar refractivity (Wildman–Crippen MR) is 166 cm³/mol. The third-order valence-corrected chi connectivity index (χ3v) is 10.5. The van der Waals surface area contributed by atoms with Crippen LogP contribution in [0.25, 0.3) is 21.5 Å². The molecule has 10 heteroatoms.